The van der Waals surface area contributed by atoms with Gasteiger partial charge in [-0.05, 0) is 39.0 Å². The van der Waals surface area contributed by atoms with Crippen LogP contribution in [0.5, 0.6) is 0 Å². The summed E-state index contributed by atoms with van der Waals surface area (Å²) in [4.78, 5) is 22.3. The molecule has 0 aliphatic heterocycles. The molecule has 1 rings (SSSR count). The van der Waals surface area contributed by atoms with Crippen molar-refractivity contribution in [1.29, 1.82) is 0 Å². The number of aromatic carboxylic acids is 1. The summed E-state index contributed by atoms with van der Waals surface area (Å²) in [7, 11) is 0. The Morgan fingerprint density at radius 1 is 1.36 bits per heavy atom. The zero-order valence-electron chi connectivity index (χ0n) is 12.9. The van der Waals surface area contributed by atoms with E-state index in [4.69, 9.17) is 15.6 Å². The van der Waals surface area contributed by atoms with Gasteiger partial charge < -0.3 is 20.9 Å². The molecule has 0 saturated heterocycles. The molecule has 0 unspecified atom stereocenters. The molecule has 0 spiro atoms. The van der Waals surface area contributed by atoms with Gasteiger partial charge >= 0.3 is 12.1 Å². The monoisotopic (exact) mass is 304 g/mol. The molecular weight excluding hydrogens is 284 g/mol. The Morgan fingerprint density at radius 3 is 2.64 bits per heavy atom. The number of nitrogens with two attached hydrogens (primary N) is 1. The second-order valence-electron chi connectivity index (χ2n) is 5.59. The van der Waals surface area contributed by atoms with E-state index < -0.39 is 17.7 Å². The largest absolute Gasteiger partial charge is 0.478 e. The number of hydrogen-bond acceptors (Lipinski definition) is 4. The fraction of sp³-hybridized carbons (Fsp3) is 0.375. The van der Waals surface area contributed by atoms with Gasteiger partial charge in [-0.1, -0.05) is 11.8 Å². The number of ether oxygens (including phenoxy) is 1. The Balaban J connectivity index is 2.53. The number of carbonyl (C=O) groups excluding carboxylic acids is 1. The van der Waals surface area contributed by atoms with Gasteiger partial charge in [0.2, 0.25) is 0 Å². The number of hydrogen-bond donors (Lipinski definition) is 3. The first-order valence-corrected chi connectivity index (χ1v) is 6.77. The highest BCUT2D eigenvalue weighted by Crippen LogP contribution is 2.13. The Hall–Kier alpha value is -2.68. The number of carboxylic acid groups (broad SMARTS) is 1. The molecule has 118 valence electrons. The van der Waals surface area contributed by atoms with Crippen LogP contribution in [0.2, 0.25) is 0 Å². The first-order valence-electron chi connectivity index (χ1n) is 6.77. The zero-order valence-corrected chi connectivity index (χ0v) is 12.9. The van der Waals surface area contributed by atoms with E-state index in [1.54, 1.807) is 20.8 Å². The molecule has 4 N–H and O–H groups in total. The number of nitrogens with one attached hydrogen (secondary N) is 1. The van der Waals surface area contributed by atoms with Crippen molar-refractivity contribution in [3.8, 4) is 11.8 Å². The highest BCUT2D eigenvalue weighted by Gasteiger charge is 2.15. The van der Waals surface area contributed by atoms with Crippen molar-refractivity contribution in [1.82, 2.24) is 5.32 Å². The third-order valence-electron chi connectivity index (χ3n) is 2.44. The Labute approximate surface area is 129 Å². The summed E-state index contributed by atoms with van der Waals surface area (Å²) >= 11 is 0. The zero-order chi connectivity index (χ0) is 16.8. The van der Waals surface area contributed by atoms with Crippen molar-refractivity contribution in [3.63, 3.8) is 0 Å². The van der Waals surface area contributed by atoms with Crippen LogP contribution >= 0.6 is 0 Å². The summed E-state index contributed by atoms with van der Waals surface area (Å²) in [6, 6.07) is 4.35. The van der Waals surface area contributed by atoms with Crippen LogP contribution < -0.4 is 11.1 Å². The molecule has 0 saturated carbocycles. The molecular formula is C16H20N2O4. The molecule has 6 heteroatoms. The number of carbonyl (C=O) groups is 2. The van der Waals surface area contributed by atoms with Crippen LogP contribution in [-0.2, 0) is 4.74 Å². The maximum Gasteiger partial charge on any atom is 0.407 e. The minimum Gasteiger partial charge on any atom is -0.478 e. The van der Waals surface area contributed by atoms with Gasteiger partial charge in [0.25, 0.3) is 0 Å². The minimum atomic E-state index is -1.03. The van der Waals surface area contributed by atoms with E-state index in [0.29, 0.717) is 24.2 Å². The average molecular weight is 304 g/mol. The first-order chi connectivity index (χ1) is 10.2. The van der Waals surface area contributed by atoms with E-state index in [2.05, 4.69) is 17.2 Å². The van der Waals surface area contributed by atoms with Crippen LogP contribution in [0, 0.1) is 11.8 Å². The van der Waals surface area contributed by atoms with Gasteiger partial charge in [-0.25, -0.2) is 9.59 Å². The SMILES string of the molecule is CC(C)(C)OC(=O)NCCC#Cc1cc(C(=O)O)ccc1N. The average Bonchev–Trinajstić information content (AvgIpc) is 2.37. The molecule has 0 aliphatic rings. The van der Waals surface area contributed by atoms with Crippen LogP contribution in [0.25, 0.3) is 0 Å². The van der Waals surface area contributed by atoms with Gasteiger partial charge in [0.05, 0.1) is 5.56 Å². The molecule has 0 aliphatic carbocycles. The number of rotatable bonds is 3. The summed E-state index contributed by atoms with van der Waals surface area (Å²) in [5.74, 6) is 4.60. The summed E-state index contributed by atoms with van der Waals surface area (Å²) in [5.41, 5.74) is 6.20. The molecule has 6 nitrogen and oxygen atoms in total. The quantitative estimate of drug-likeness (QED) is 0.451. The lowest BCUT2D eigenvalue weighted by molar-refractivity contribution is 0.0528. The van der Waals surface area contributed by atoms with Crippen molar-refractivity contribution in [2.24, 2.45) is 0 Å². The predicted molar refractivity (Wildman–Crippen MR) is 83.5 cm³/mol. The maximum absolute atomic E-state index is 11.4. The first kappa shape index (κ1) is 17.4. The lowest BCUT2D eigenvalue weighted by Gasteiger charge is -2.19. The molecule has 0 atom stereocenters. The number of amides is 1. The van der Waals surface area contributed by atoms with E-state index in [-0.39, 0.29) is 5.56 Å². The Morgan fingerprint density at radius 2 is 2.05 bits per heavy atom. The smallest absolute Gasteiger partial charge is 0.407 e. The highest BCUT2D eigenvalue weighted by molar-refractivity contribution is 5.89. The molecule has 22 heavy (non-hydrogen) atoms. The summed E-state index contributed by atoms with van der Waals surface area (Å²) < 4.78 is 5.08. The van der Waals surface area contributed by atoms with Gasteiger partial charge in [0.1, 0.15) is 5.60 Å². The van der Waals surface area contributed by atoms with Crippen LogP contribution in [0.4, 0.5) is 10.5 Å². The van der Waals surface area contributed by atoms with Gasteiger partial charge in [-0.2, -0.15) is 0 Å². The predicted octanol–water partition coefficient (Wildman–Crippen LogP) is 2.23. The van der Waals surface area contributed by atoms with Crippen LogP contribution in [-0.4, -0.2) is 29.3 Å². The Kier molecular flexibility index (Phi) is 5.81. The summed E-state index contributed by atoms with van der Waals surface area (Å²) in [6.07, 6.45) is -0.0996. The van der Waals surface area contributed by atoms with Crippen LogP contribution in [0.3, 0.4) is 0 Å². The van der Waals surface area contributed by atoms with Gasteiger partial charge in [0.15, 0.2) is 0 Å². The van der Waals surface area contributed by atoms with E-state index in [0.717, 1.165) is 0 Å². The number of carboxylic acids is 1. The standard InChI is InChI=1S/C16H20N2O4/c1-16(2,3)22-15(21)18-9-5-4-6-11-10-12(14(19)20)7-8-13(11)17/h7-8,10H,5,9,17H2,1-3H3,(H,18,21)(H,19,20). The number of benzene rings is 1. The third kappa shape index (κ3) is 6.18. The van der Waals surface area contributed by atoms with Crippen LogP contribution in [0.15, 0.2) is 18.2 Å². The Bertz CT molecular complexity index is 621. The molecule has 0 bridgehead atoms. The van der Waals surface area contributed by atoms with E-state index in [9.17, 15) is 9.59 Å². The van der Waals surface area contributed by atoms with Gasteiger partial charge in [-0.3, -0.25) is 0 Å². The van der Waals surface area contributed by atoms with Crippen molar-refractivity contribution >= 4 is 17.7 Å². The van der Waals surface area contributed by atoms with Crippen LogP contribution in [0.1, 0.15) is 43.1 Å². The molecule has 0 fully saturated rings. The fourth-order valence-corrected chi connectivity index (χ4v) is 1.50. The van der Waals surface area contributed by atoms with Crippen molar-refractivity contribution in [3.05, 3.63) is 29.3 Å². The van der Waals surface area contributed by atoms with Crippen molar-refractivity contribution in [2.45, 2.75) is 32.8 Å². The van der Waals surface area contributed by atoms with Crippen molar-refractivity contribution in [2.75, 3.05) is 12.3 Å². The molecule has 1 amide bonds. The second kappa shape index (κ2) is 7.36. The van der Waals surface area contributed by atoms with Gasteiger partial charge in [-0.15, -0.1) is 0 Å². The molecule has 1 aromatic rings. The lowest BCUT2D eigenvalue weighted by Crippen LogP contribution is -2.32. The topological polar surface area (TPSA) is 102 Å². The normalized spacial score (nSPS) is 10.3. The molecule has 0 heterocycles. The van der Waals surface area contributed by atoms with Crippen molar-refractivity contribution < 1.29 is 19.4 Å². The number of alkyl carbamates (subject to hydrolysis) is 1. The summed E-state index contributed by atoms with van der Waals surface area (Å²) in [6.45, 7) is 5.68. The molecule has 0 aromatic heterocycles. The number of anilines is 1. The van der Waals surface area contributed by atoms with Gasteiger partial charge in [0, 0.05) is 24.2 Å². The van der Waals surface area contributed by atoms with E-state index in [1.165, 1.54) is 18.2 Å². The summed E-state index contributed by atoms with van der Waals surface area (Å²) in [5, 5.41) is 11.5. The molecule has 0 radical (unpaired) electrons. The number of nitrogen functional groups attached to an aromatic ring is 1. The molecule has 1 aromatic carbocycles. The third-order valence-corrected chi connectivity index (χ3v) is 2.44. The fourth-order valence-electron chi connectivity index (χ4n) is 1.50. The van der Waals surface area contributed by atoms with E-state index >= 15 is 0 Å². The highest BCUT2D eigenvalue weighted by atomic mass is 16.6. The van der Waals surface area contributed by atoms with E-state index in [1.807, 2.05) is 0 Å². The second-order valence-corrected chi connectivity index (χ2v) is 5.59. The lowest BCUT2D eigenvalue weighted by atomic mass is 10.1. The maximum atomic E-state index is 11.4. The minimum absolute atomic E-state index is 0.130.